The quantitative estimate of drug-likeness (QED) is 0.398. The number of carbonyl (C=O) groups excluding carboxylic acids is 2. The summed E-state index contributed by atoms with van der Waals surface area (Å²) < 4.78 is 4.68. The largest absolute Gasteiger partial charge is 0.506 e. The van der Waals surface area contributed by atoms with Crippen LogP contribution in [0.5, 0.6) is 5.75 Å². The Labute approximate surface area is 104 Å². The Bertz CT molecular complexity index is 505. The summed E-state index contributed by atoms with van der Waals surface area (Å²) in [6.45, 7) is -0.351. The minimum Gasteiger partial charge on any atom is -0.506 e. The van der Waals surface area contributed by atoms with Gasteiger partial charge in [0.05, 0.1) is 17.8 Å². The fraction of sp³-hybridized carbons (Fsp3) is 0.167. The zero-order chi connectivity index (χ0) is 13.5. The van der Waals surface area contributed by atoms with E-state index in [-0.39, 0.29) is 30.2 Å². The summed E-state index contributed by atoms with van der Waals surface area (Å²) in [5.74, 6) is 0.790. The van der Waals surface area contributed by atoms with Crippen LogP contribution in [-0.4, -0.2) is 30.1 Å². The van der Waals surface area contributed by atoms with Gasteiger partial charge in [0.2, 0.25) is 5.91 Å². The van der Waals surface area contributed by atoms with E-state index in [1.54, 1.807) is 0 Å². The average Bonchev–Trinajstić information content (AvgIpc) is 2.38. The van der Waals surface area contributed by atoms with Crippen LogP contribution in [0.4, 0.5) is 5.69 Å². The van der Waals surface area contributed by atoms with E-state index in [0.717, 1.165) is 0 Å². The van der Waals surface area contributed by atoms with Gasteiger partial charge in [-0.25, -0.2) is 4.79 Å². The van der Waals surface area contributed by atoms with Crippen LogP contribution < -0.4 is 11.1 Å². The highest BCUT2D eigenvalue weighted by molar-refractivity contribution is 5.95. The molecule has 0 unspecified atom stereocenters. The van der Waals surface area contributed by atoms with Crippen LogP contribution in [0, 0.1) is 12.3 Å². The van der Waals surface area contributed by atoms with Crippen molar-refractivity contribution in [2.45, 2.75) is 0 Å². The van der Waals surface area contributed by atoms with Gasteiger partial charge in [-0.2, -0.15) is 0 Å². The van der Waals surface area contributed by atoms with Crippen molar-refractivity contribution in [2.75, 3.05) is 18.5 Å². The summed E-state index contributed by atoms with van der Waals surface area (Å²) in [7, 11) is 0. The predicted octanol–water partition coefficient (Wildman–Crippen LogP) is 0.0794. The molecule has 1 aromatic carbocycles. The molecule has 0 saturated carbocycles. The van der Waals surface area contributed by atoms with E-state index in [1.807, 2.05) is 0 Å². The Morgan fingerprint density at radius 3 is 2.78 bits per heavy atom. The maximum Gasteiger partial charge on any atom is 0.339 e. The molecule has 0 aliphatic carbocycles. The van der Waals surface area contributed by atoms with Gasteiger partial charge in [-0.15, -0.1) is 6.42 Å². The summed E-state index contributed by atoms with van der Waals surface area (Å²) in [6.07, 6.45) is 4.94. The highest BCUT2D eigenvalue weighted by atomic mass is 16.5. The zero-order valence-electron chi connectivity index (χ0n) is 9.47. The van der Waals surface area contributed by atoms with Crippen LogP contribution in [0.15, 0.2) is 18.2 Å². The lowest BCUT2D eigenvalue weighted by Crippen LogP contribution is -2.21. The van der Waals surface area contributed by atoms with Crippen molar-refractivity contribution in [1.29, 1.82) is 0 Å². The molecule has 0 bridgehead atoms. The molecule has 0 saturated heterocycles. The lowest BCUT2D eigenvalue weighted by molar-refractivity contribution is -0.114. The average molecular weight is 248 g/mol. The van der Waals surface area contributed by atoms with Gasteiger partial charge in [-0.05, 0) is 18.2 Å². The van der Waals surface area contributed by atoms with Crippen LogP contribution in [0.1, 0.15) is 10.4 Å². The Kier molecular flexibility index (Phi) is 4.72. The third-order valence-corrected chi connectivity index (χ3v) is 1.98. The fourth-order valence-corrected chi connectivity index (χ4v) is 1.16. The molecule has 1 rings (SSSR count). The van der Waals surface area contributed by atoms with Crippen LogP contribution in [-0.2, 0) is 9.53 Å². The summed E-state index contributed by atoms with van der Waals surface area (Å²) in [5.41, 5.74) is 5.41. The number of anilines is 1. The molecule has 0 atom stereocenters. The monoisotopic (exact) mass is 248 g/mol. The second-order valence-corrected chi connectivity index (χ2v) is 3.26. The first kappa shape index (κ1) is 13.5. The molecule has 0 spiro atoms. The molecule has 94 valence electrons. The first-order chi connectivity index (χ1) is 8.58. The number of aromatic hydroxyl groups is 1. The van der Waals surface area contributed by atoms with Gasteiger partial charge in [0.25, 0.3) is 0 Å². The lowest BCUT2D eigenvalue weighted by atomic mass is 10.2. The normalized spacial score (nSPS) is 9.33. The minimum absolute atomic E-state index is 0.133. The highest BCUT2D eigenvalue weighted by Gasteiger charge is 2.11. The highest BCUT2D eigenvalue weighted by Crippen LogP contribution is 2.24. The number of carbonyl (C=O) groups is 2. The molecule has 0 heterocycles. The van der Waals surface area contributed by atoms with Gasteiger partial charge < -0.3 is 20.9 Å². The number of phenolic OH excluding ortho intramolecular Hbond substituents is 1. The Morgan fingerprint density at radius 2 is 2.22 bits per heavy atom. The second kappa shape index (κ2) is 6.27. The van der Waals surface area contributed by atoms with Crippen LogP contribution in [0.2, 0.25) is 0 Å². The minimum atomic E-state index is -0.653. The number of ether oxygens (including phenoxy) is 1. The summed E-state index contributed by atoms with van der Waals surface area (Å²) in [6, 6.07) is 3.94. The van der Waals surface area contributed by atoms with Gasteiger partial charge >= 0.3 is 5.97 Å². The SMILES string of the molecule is C#CCOC(=O)c1ccc(NC(=O)CN)c(O)c1. The molecule has 4 N–H and O–H groups in total. The third kappa shape index (κ3) is 3.50. The molecule has 1 amide bonds. The van der Waals surface area contributed by atoms with Crippen molar-refractivity contribution in [3.05, 3.63) is 23.8 Å². The fourth-order valence-electron chi connectivity index (χ4n) is 1.16. The van der Waals surface area contributed by atoms with E-state index < -0.39 is 11.9 Å². The van der Waals surface area contributed by atoms with Crippen molar-refractivity contribution in [3.63, 3.8) is 0 Å². The molecule has 0 aromatic heterocycles. The maximum absolute atomic E-state index is 11.4. The number of esters is 1. The summed E-state index contributed by atoms with van der Waals surface area (Å²) in [4.78, 5) is 22.4. The molecular weight excluding hydrogens is 236 g/mol. The Morgan fingerprint density at radius 1 is 1.50 bits per heavy atom. The van der Waals surface area contributed by atoms with Crippen molar-refractivity contribution in [2.24, 2.45) is 5.73 Å². The number of nitrogens with one attached hydrogen (secondary N) is 1. The van der Waals surface area contributed by atoms with Crippen molar-refractivity contribution >= 4 is 17.6 Å². The van der Waals surface area contributed by atoms with E-state index in [9.17, 15) is 14.7 Å². The van der Waals surface area contributed by atoms with Gasteiger partial charge in [0.15, 0.2) is 6.61 Å². The lowest BCUT2D eigenvalue weighted by Gasteiger charge is -2.07. The molecular formula is C12H12N2O4. The van der Waals surface area contributed by atoms with Gasteiger partial charge in [0, 0.05) is 0 Å². The van der Waals surface area contributed by atoms with Crippen LogP contribution in [0.25, 0.3) is 0 Å². The number of rotatable bonds is 4. The predicted molar refractivity (Wildman–Crippen MR) is 64.9 cm³/mol. The molecule has 0 radical (unpaired) electrons. The summed E-state index contributed by atoms with van der Waals surface area (Å²) >= 11 is 0. The Hall–Kier alpha value is -2.52. The van der Waals surface area contributed by atoms with Crippen molar-refractivity contribution < 1.29 is 19.4 Å². The first-order valence-corrected chi connectivity index (χ1v) is 5.02. The van der Waals surface area contributed by atoms with Gasteiger partial charge in [-0.3, -0.25) is 4.79 Å². The molecule has 0 aliphatic heterocycles. The number of benzene rings is 1. The van der Waals surface area contributed by atoms with Crippen molar-refractivity contribution in [1.82, 2.24) is 0 Å². The third-order valence-electron chi connectivity index (χ3n) is 1.98. The summed E-state index contributed by atoms with van der Waals surface area (Å²) in [5, 5.41) is 12.0. The molecule has 6 heteroatoms. The van der Waals surface area contributed by atoms with Gasteiger partial charge in [0.1, 0.15) is 5.75 Å². The van der Waals surface area contributed by atoms with Crippen molar-refractivity contribution in [3.8, 4) is 18.1 Å². The van der Waals surface area contributed by atoms with Gasteiger partial charge in [-0.1, -0.05) is 5.92 Å². The topological polar surface area (TPSA) is 102 Å². The number of nitrogens with two attached hydrogens (primary N) is 1. The van der Waals surface area contributed by atoms with E-state index in [0.29, 0.717) is 0 Å². The zero-order valence-corrected chi connectivity index (χ0v) is 9.47. The number of hydrogen-bond donors (Lipinski definition) is 3. The number of phenols is 1. The number of amides is 1. The first-order valence-electron chi connectivity index (χ1n) is 5.02. The van der Waals surface area contributed by atoms with Crippen LogP contribution >= 0.6 is 0 Å². The number of hydrogen-bond acceptors (Lipinski definition) is 5. The standard InChI is InChI=1S/C12H12N2O4/c1-2-5-18-12(17)8-3-4-9(10(15)6-8)14-11(16)7-13/h1,3-4,6,15H,5,7,13H2,(H,14,16). The van der Waals surface area contributed by atoms with E-state index in [1.165, 1.54) is 18.2 Å². The smallest absolute Gasteiger partial charge is 0.339 e. The van der Waals surface area contributed by atoms with Crippen LogP contribution in [0.3, 0.4) is 0 Å². The molecule has 18 heavy (non-hydrogen) atoms. The molecule has 0 aliphatic rings. The molecule has 6 nitrogen and oxygen atoms in total. The van der Waals surface area contributed by atoms with E-state index in [2.05, 4.69) is 16.0 Å². The van der Waals surface area contributed by atoms with E-state index >= 15 is 0 Å². The second-order valence-electron chi connectivity index (χ2n) is 3.26. The number of terminal acetylenes is 1. The Balaban J connectivity index is 2.82. The van der Waals surface area contributed by atoms with E-state index in [4.69, 9.17) is 12.2 Å². The maximum atomic E-state index is 11.4. The molecule has 0 fully saturated rings. The molecule has 1 aromatic rings.